The molecule has 0 aliphatic rings. The third-order valence-corrected chi connectivity index (χ3v) is 5.23. The molecule has 1 amide bonds. The van der Waals surface area contributed by atoms with Gasteiger partial charge in [-0.25, -0.2) is 0 Å². The highest BCUT2D eigenvalue weighted by Gasteiger charge is 2.16. The van der Waals surface area contributed by atoms with Gasteiger partial charge in [0, 0.05) is 23.3 Å². The largest absolute Gasteiger partial charge is 0.507 e. The van der Waals surface area contributed by atoms with Gasteiger partial charge in [-0.2, -0.15) is 0 Å². The number of carbonyl (C=O) groups is 1. The maximum absolute atomic E-state index is 12.2. The van der Waals surface area contributed by atoms with Crippen LogP contribution < -0.4 is 10.1 Å². The fraction of sp³-hybridized carbons (Fsp3) is 0.167. The van der Waals surface area contributed by atoms with Gasteiger partial charge >= 0.3 is 0 Å². The molecule has 140 valence electrons. The Balaban J connectivity index is 1.67. The lowest BCUT2D eigenvalue weighted by Gasteiger charge is -2.07. The number of phenols is 1. The number of benzene rings is 2. The molecule has 9 heteroatoms. The van der Waals surface area contributed by atoms with Crippen molar-refractivity contribution in [1.29, 1.82) is 0 Å². The molecule has 0 fully saturated rings. The summed E-state index contributed by atoms with van der Waals surface area (Å²) in [7, 11) is 3.36. The van der Waals surface area contributed by atoms with Crippen LogP contribution in [0.4, 0.5) is 5.69 Å². The third-order valence-electron chi connectivity index (χ3n) is 3.72. The maximum Gasteiger partial charge on any atom is 0.234 e. The monoisotopic (exact) mass is 448 g/mol. The summed E-state index contributed by atoms with van der Waals surface area (Å²) in [5.74, 6) is 1.31. The van der Waals surface area contributed by atoms with Crippen LogP contribution in [0.1, 0.15) is 0 Å². The number of thioether (sulfide) groups is 1. The van der Waals surface area contributed by atoms with Crippen LogP contribution in [0.25, 0.3) is 11.4 Å². The van der Waals surface area contributed by atoms with Crippen molar-refractivity contribution in [1.82, 2.24) is 14.8 Å². The quantitative estimate of drug-likeness (QED) is 0.558. The van der Waals surface area contributed by atoms with E-state index in [9.17, 15) is 9.90 Å². The topological polar surface area (TPSA) is 89.3 Å². The number of carbonyl (C=O) groups excluding carboxylic acids is 1. The summed E-state index contributed by atoms with van der Waals surface area (Å²) in [6.07, 6.45) is 0. The highest BCUT2D eigenvalue weighted by molar-refractivity contribution is 9.10. The van der Waals surface area contributed by atoms with E-state index < -0.39 is 0 Å². The fourth-order valence-electron chi connectivity index (χ4n) is 2.39. The van der Waals surface area contributed by atoms with E-state index in [0.29, 0.717) is 28.0 Å². The number of ether oxygens (including phenoxy) is 1. The zero-order valence-corrected chi connectivity index (χ0v) is 17.0. The summed E-state index contributed by atoms with van der Waals surface area (Å²) in [4.78, 5) is 12.2. The van der Waals surface area contributed by atoms with Gasteiger partial charge in [-0.3, -0.25) is 4.79 Å². The Bertz CT molecular complexity index is 977. The van der Waals surface area contributed by atoms with Crippen LogP contribution in [0, 0.1) is 0 Å². The number of halogens is 1. The number of nitrogens with one attached hydrogen (secondary N) is 1. The first-order valence-corrected chi connectivity index (χ1v) is 9.71. The minimum Gasteiger partial charge on any atom is -0.507 e. The number of rotatable bonds is 6. The van der Waals surface area contributed by atoms with E-state index >= 15 is 0 Å². The first-order chi connectivity index (χ1) is 13.0. The smallest absolute Gasteiger partial charge is 0.234 e. The van der Waals surface area contributed by atoms with Gasteiger partial charge in [-0.05, 0) is 30.3 Å². The van der Waals surface area contributed by atoms with Crippen molar-refractivity contribution < 1.29 is 14.6 Å². The zero-order valence-electron chi connectivity index (χ0n) is 14.6. The molecule has 2 N–H and O–H groups in total. The molecule has 27 heavy (non-hydrogen) atoms. The first-order valence-electron chi connectivity index (χ1n) is 7.93. The number of anilines is 1. The third kappa shape index (κ3) is 4.61. The van der Waals surface area contributed by atoms with Crippen molar-refractivity contribution in [3.8, 4) is 22.9 Å². The number of nitrogens with zero attached hydrogens (tertiary/aromatic N) is 3. The van der Waals surface area contributed by atoms with Crippen molar-refractivity contribution in [2.24, 2.45) is 7.05 Å². The van der Waals surface area contributed by atoms with Crippen LogP contribution in [0.2, 0.25) is 0 Å². The van der Waals surface area contributed by atoms with Crippen LogP contribution in [0.15, 0.2) is 52.1 Å². The van der Waals surface area contributed by atoms with Crippen molar-refractivity contribution in [3.63, 3.8) is 0 Å². The number of phenolic OH excluding ortho intramolecular Hbond substituents is 1. The average molecular weight is 449 g/mol. The molecular formula is C18H17BrN4O3S. The fourth-order valence-corrected chi connectivity index (χ4v) is 3.46. The maximum atomic E-state index is 12.2. The highest BCUT2D eigenvalue weighted by atomic mass is 79.9. The van der Waals surface area contributed by atoms with Gasteiger partial charge in [0.1, 0.15) is 11.5 Å². The summed E-state index contributed by atoms with van der Waals surface area (Å²) in [5, 5.41) is 21.7. The van der Waals surface area contributed by atoms with Gasteiger partial charge < -0.3 is 19.7 Å². The lowest BCUT2D eigenvalue weighted by Crippen LogP contribution is -2.14. The molecule has 0 aliphatic heterocycles. The average Bonchev–Trinajstić information content (AvgIpc) is 3.02. The number of hydrogen-bond donors (Lipinski definition) is 2. The van der Waals surface area contributed by atoms with Crippen LogP contribution in [0.5, 0.6) is 11.5 Å². The molecule has 0 saturated heterocycles. The molecule has 2 aromatic carbocycles. The van der Waals surface area contributed by atoms with E-state index in [4.69, 9.17) is 4.74 Å². The highest BCUT2D eigenvalue weighted by Crippen LogP contribution is 2.32. The minimum absolute atomic E-state index is 0.112. The molecule has 0 atom stereocenters. The van der Waals surface area contributed by atoms with Crippen molar-refractivity contribution in [3.05, 3.63) is 46.9 Å². The van der Waals surface area contributed by atoms with E-state index in [0.717, 1.165) is 4.47 Å². The lowest BCUT2D eigenvalue weighted by atomic mass is 10.2. The molecule has 7 nitrogen and oxygen atoms in total. The van der Waals surface area contributed by atoms with Crippen LogP contribution >= 0.6 is 27.7 Å². The van der Waals surface area contributed by atoms with Crippen molar-refractivity contribution >= 4 is 39.3 Å². The second-order valence-electron chi connectivity index (χ2n) is 5.60. The predicted molar refractivity (Wildman–Crippen MR) is 108 cm³/mol. The predicted octanol–water partition coefficient (Wildman–Crippen LogP) is 3.69. The van der Waals surface area contributed by atoms with Gasteiger partial charge in [0.25, 0.3) is 0 Å². The summed E-state index contributed by atoms with van der Waals surface area (Å²) in [5.41, 5.74) is 1.23. The van der Waals surface area contributed by atoms with Crippen LogP contribution in [0.3, 0.4) is 0 Å². The number of methoxy groups -OCH3 is 1. The number of aromatic nitrogens is 3. The summed E-state index contributed by atoms with van der Waals surface area (Å²) < 4.78 is 7.71. The van der Waals surface area contributed by atoms with E-state index in [1.165, 1.54) is 11.8 Å². The van der Waals surface area contributed by atoms with E-state index in [1.807, 2.05) is 6.07 Å². The Labute approximate surface area is 168 Å². The normalized spacial score (nSPS) is 10.6. The molecule has 0 bridgehead atoms. The molecule has 1 heterocycles. The van der Waals surface area contributed by atoms with E-state index in [-0.39, 0.29) is 17.4 Å². The molecule has 0 unspecified atom stereocenters. The molecular weight excluding hydrogens is 432 g/mol. The van der Waals surface area contributed by atoms with E-state index in [1.54, 1.807) is 55.1 Å². The van der Waals surface area contributed by atoms with Gasteiger partial charge in [-0.15, -0.1) is 10.2 Å². The minimum atomic E-state index is -0.164. The second kappa shape index (κ2) is 8.45. The molecule has 0 saturated carbocycles. The lowest BCUT2D eigenvalue weighted by molar-refractivity contribution is -0.113. The SMILES string of the molecule is COc1cccc(NC(=O)CSc2nnc(-c3cc(Br)ccc3O)n2C)c1. The Morgan fingerprint density at radius 3 is 2.89 bits per heavy atom. The number of hydrogen-bond acceptors (Lipinski definition) is 6. The molecule has 0 radical (unpaired) electrons. The Kier molecular flexibility index (Phi) is 6.02. The summed E-state index contributed by atoms with van der Waals surface area (Å²) in [6.45, 7) is 0. The van der Waals surface area contributed by atoms with Crippen LogP contribution in [-0.2, 0) is 11.8 Å². The molecule has 1 aromatic heterocycles. The van der Waals surface area contributed by atoms with E-state index in [2.05, 4.69) is 31.4 Å². The van der Waals surface area contributed by atoms with Crippen LogP contribution in [-0.4, -0.2) is 38.6 Å². The summed E-state index contributed by atoms with van der Waals surface area (Å²) >= 11 is 4.64. The number of amides is 1. The Hall–Kier alpha value is -2.52. The van der Waals surface area contributed by atoms with Gasteiger partial charge in [0.05, 0.1) is 18.4 Å². The Morgan fingerprint density at radius 1 is 1.30 bits per heavy atom. The van der Waals surface area contributed by atoms with Crippen molar-refractivity contribution in [2.45, 2.75) is 5.16 Å². The number of aromatic hydroxyl groups is 1. The molecule has 3 rings (SSSR count). The van der Waals surface area contributed by atoms with Gasteiger partial charge in [0.2, 0.25) is 5.91 Å². The molecule has 3 aromatic rings. The first kappa shape index (κ1) is 19.2. The standard InChI is InChI=1S/C18H17BrN4O3S/c1-23-17(14-8-11(19)6-7-15(14)24)21-22-18(23)27-10-16(25)20-12-4-3-5-13(9-12)26-2/h3-9,24H,10H2,1-2H3,(H,20,25). The van der Waals surface area contributed by atoms with Gasteiger partial charge in [0.15, 0.2) is 11.0 Å². The second-order valence-corrected chi connectivity index (χ2v) is 7.45. The van der Waals surface area contributed by atoms with Crippen molar-refractivity contribution in [2.75, 3.05) is 18.2 Å². The molecule has 0 spiro atoms. The summed E-state index contributed by atoms with van der Waals surface area (Å²) in [6, 6.07) is 12.3. The van der Waals surface area contributed by atoms with Gasteiger partial charge in [-0.1, -0.05) is 33.8 Å². The Morgan fingerprint density at radius 2 is 2.11 bits per heavy atom. The zero-order chi connectivity index (χ0) is 19.4. The molecule has 0 aliphatic carbocycles.